The molecule has 1 aliphatic rings. The number of hydrogen-bond acceptors (Lipinski definition) is 4. The van der Waals surface area contributed by atoms with Crippen LogP contribution in [0.4, 0.5) is 5.82 Å². The van der Waals surface area contributed by atoms with Gasteiger partial charge in [-0.25, -0.2) is 0 Å². The summed E-state index contributed by atoms with van der Waals surface area (Å²) in [5.41, 5.74) is 1.66. The van der Waals surface area contributed by atoms with Crippen LogP contribution in [-0.4, -0.2) is 32.6 Å². The maximum atomic E-state index is 12.3. The summed E-state index contributed by atoms with van der Waals surface area (Å²) >= 11 is 0. The van der Waals surface area contributed by atoms with E-state index in [2.05, 4.69) is 15.5 Å². The van der Waals surface area contributed by atoms with Crippen LogP contribution in [0, 0.1) is 0 Å². The van der Waals surface area contributed by atoms with Crippen LogP contribution in [0.2, 0.25) is 0 Å². The summed E-state index contributed by atoms with van der Waals surface area (Å²) in [4.78, 5) is 12.3. The second-order valence-electron chi connectivity index (χ2n) is 6.14. The lowest BCUT2D eigenvalue weighted by molar-refractivity contribution is 0.102. The number of hydrogen-bond donors (Lipinski definition) is 1. The monoisotopic (exact) mass is 337 g/mol. The summed E-state index contributed by atoms with van der Waals surface area (Å²) in [5, 5.41) is 11.4. The van der Waals surface area contributed by atoms with Gasteiger partial charge in [-0.3, -0.25) is 14.2 Å². The lowest BCUT2D eigenvalue weighted by Crippen LogP contribution is -2.12. The van der Waals surface area contributed by atoms with Gasteiger partial charge in [-0.05, 0) is 30.5 Å². The highest BCUT2D eigenvalue weighted by Crippen LogP contribution is 2.34. The van der Waals surface area contributed by atoms with Crippen molar-refractivity contribution in [3.63, 3.8) is 0 Å². The molecule has 1 aromatic carbocycles. The Bertz CT molecular complexity index is 877. The third-order valence-electron chi connectivity index (χ3n) is 4.17. The molecule has 0 spiro atoms. The Hall–Kier alpha value is -3.09. The minimum absolute atomic E-state index is 0.193. The van der Waals surface area contributed by atoms with E-state index in [1.807, 2.05) is 35.1 Å². The predicted molar refractivity (Wildman–Crippen MR) is 92.8 cm³/mol. The molecule has 0 unspecified atom stereocenters. The third-order valence-corrected chi connectivity index (χ3v) is 4.17. The molecule has 25 heavy (non-hydrogen) atoms. The maximum Gasteiger partial charge on any atom is 0.260 e. The topological polar surface area (TPSA) is 74.0 Å². The smallest absolute Gasteiger partial charge is 0.260 e. The zero-order valence-electron chi connectivity index (χ0n) is 13.9. The zero-order chi connectivity index (χ0) is 17.2. The van der Waals surface area contributed by atoms with Crippen LogP contribution in [0.5, 0.6) is 5.75 Å². The molecular weight excluding hydrogens is 318 g/mol. The minimum atomic E-state index is -0.193. The molecule has 0 bridgehead atoms. The predicted octanol–water partition coefficient (Wildman–Crippen LogP) is 2.72. The van der Waals surface area contributed by atoms with Gasteiger partial charge in [-0.2, -0.15) is 10.2 Å². The van der Waals surface area contributed by atoms with E-state index < -0.39 is 0 Å². The first-order valence-electron chi connectivity index (χ1n) is 8.23. The molecule has 1 saturated carbocycles. The van der Waals surface area contributed by atoms with E-state index in [1.54, 1.807) is 30.3 Å². The number of carbonyl (C=O) groups excluding carboxylic acids is 1. The molecule has 3 aromatic rings. The highest BCUT2D eigenvalue weighted by atomic mass is 16.5. The van der Waals surface area contributed by atoms with Crippen molar-refractivity contribution >= 4 is 11.7 Å². The van der Waals surface area contributed by atoms with Crippen molar-refractivity contribution in [2.75, 3.05) is 12.4 Å². The molecule has 0 atom stereocenters. The van der Waals surface area contributed by atoms with Gasteiger partial charge in [0.15, 0.2) is 5.82 Å². The highest BCUT2D eigenvalue weighted by Gasteiger charge is 2.25. The quantitative estimate of drug-likeness (QED) is 0.750. The van der Waals surface area contributed by atoms with Gasteiger partial charge in [0, 0.05) is 18.5 Å². The molecule has 1 fully saturated rings. The molecule has 7 heteroatoms. The SMILES string of the molecule is COc1ccc(Cn2ccc(NC(=O)c3cnn(C4CC4)c3)n2)cc1. The first kappa shape index (κ1) is 15.4. The molecule has 4 rings (SSSR count). The van der Waals surface area contributed by atoms with Crippen molar-refractivity contribution in [1.29, 1.82) is 0 Å². The third kappa shape index (κ3) is 3.55. The van der Waals surface area contributed by atoms with Crippen LogP contribution in [-0.2, 0) is 6.54 Å². The van der Waals surface area contributed by atoms with Gasteiger partial charge < -0.3 is 10.1 Å². The number of nitrogens with zero attached hydrogens (tertiary/aromatic N) is 4. The van der Waals surface area contributed by atoms with E-state index in [0.29, 0.717) is 24.0 Å². The Kier molecular flexibility index (Phi) is 3.97. The number of rotatable bonds is 6. The summed E-state index contributed by atoms with van der Waals surface area (Å²) in [6.45, 7) is 0.624. The van der Waals surface area contributed by atoms with Gasteiger partial charge in [-0.15, -0.1) is 0 Å². The zero-order valence-corrected chi connectivity index (χ0v) is 13.9. The first-order chi connectivity index (χ1) is 12.2. The second kappa shape index (κ2) is 6.43. The van der Waals surface area contributed by atoms with Gasteiger partial charge in [0.2, 0.25) is 0 Å². The molecule has 2 heterocycles. The fourth-order valence-electron chi connectivity index (χ4n) is 2.62. The van der Waals surface area contributed by atoms with E-state index in [1.165, 1.54) is 0 Å². The van der Waals surface area contributed by atoms with E-state index in [-0.39, 0.29) is 5.91 Å². The van der Waals surface area contributed by atoms with Crippen molar-refractivity contribution in [2.45, 2.75) is 25.4 Å². The Balaban J connectivity index is 1.38. The average Bonchev–Trinajstić information content (AvgIpc) is 3.19. The summed E-state index contributed by atoms with van der Waals surface area (Å²) < 4.78 is 8.79. The van der Waals surface area contributed by atoms with Gasteiger partial charge in [-0.1, -0.05) is 12.1 Å². The molecule has 0 aliphatic heterocycles. The number of ether oxygens (including phenoxy) is 1. The number of methoxy groups -OCH3 is 1. The number of nitrogens with one attached hydrogen (secondary N) is 1. The summed E-state index contributed by atoms with van der Waals surface area (Å²) in [6, 6.07) is 10.1. The molecular formula is C18H19N5O2. The van der Waals surface area contributed by atoms with Crippen LogP contribution >= 0.6 is 0 Å². The van der Waals surface area contributed by atoms with Crippen LogP contribution in [0.25, 0.3) is 0 Å². The van der Waals surface area contributed by atoms with E-state index in [0.717, 1.165) is 24.2 Å². The molecule has 2 aromatic heterocycles. The van der Waals surface area contributed by atoms with Gasteiger partial charge in [0.25, 0.3) is 5.91 Å². The van der Waals surface area contributed by atoms with Crippen LogP contribution in [0.1, 0.15) is 34.8 Å². The van der Waals surface area contributed by atoms with Crippen LogP contribution in [0.15, 0.2) is 48.9 Å². The lowest BCUT2D eigenvalue weighted by atomic mass is 10.2. The number of amides is 1. The number of anilines is 1. The molecule has 1 amide bonds. The van der Waals surface area contributed by atoms with E-state index >= 15 is 0 Å². The standard InChI is InChI=1S/C18H19N5O2/c1-25-16-6-2-13(3-7-16)11-22-9-8-17(21-22)20-18(24)14-10-19-23(12-14)15-4-5-15/h2-3,6-10,12,15H,4-5,11H2,1H3,(H,20,21,24). The lowest BCUT2D eigenvalue weighted by Gasteiger charge is -2.04. The summed E-state index contributed by atoms with van der Waals surface area (Å²) in [6.07, 6.45) is 7.51. The molecule has 128 valence electrons. The van der Waals surface area contributed by atoms with Crippen molar-refractivity contribution in [1.82, 2.24) is 19.6 Å². The minimum Gasteiger partial charge on any atom is -0.497 e. The van der Waals surface area contributed by atoms with Crippen molar-refractivity contribution in [3.05, 3.63) is 60.0 Å². The Morgan fingerprint density at radius 2 is 2.08 bits per heavy atom. The number of aromatic nitrogens is 4. The fraction of sp³-hybridized carbons (Fsp3) is 0.278. The highest BCUT2D eigenvalue weighted by molar-refractivity contribution is 6.03. The molecule has 1 N–H and O–H groups in total. The largest absolute Gasteiger partial charge is 0.497 e. The number of carbonyl (C=O) groups is 1. The van der Waals surface area contributed by atoms with Gasteiger partial charge >= 0.3 is 0 Å². The fourth-order valence-corrected chi connectivity index (χ4v) is 2.62. The molecule has 1 aliphatic carbocycles. The Morgan fingerprint density at radius 1 is 1.28 bits per heavy atom. The molecule has 0 radical (unpaired) electrons. The van der Waals surface area contributed by atoms with Gasteiger partial charge in [0.05, 0.1) is 31.5 Å². The molecule has 7 nitrogen and oxygen atoms in total. The van der Waals surface area contributed by atoms with Crippen LogP contribution < -0.4 is 10.1 Å². The van der Waals surface area contributed by atoms with Crippen molar-refractivity contribution in [2.24, 2.45) is 0 Å². The second-order valence-corrected chi connectivity index (χ2v) is 6.14. The first-order valence-corrected chi connectivity index (χ1v) is 8.23. The number of benzene rings is 1. The van der Waals surface area contributed by atoms with Crippen molar-refractivity contribution < 1.29 is 9.53 Å². The summed E-state index contributed by atoms with van der Waals surface area (Å²) in [7, 11) is 1.64. The Morgan fingerprint density at radius 3 is 2.80 bits per heavy atom. The van der Waals surface area contributed by atoms with Crippen LogP contribution in [0.3, 0.4) is 0 Å². The van der Waals surface area contributed by atoms with Gasteiger partial charge in [0.1, 0.15) is 5.75 Å². The maximum absolute atomic E-state index is 12.3. The Labute approximate surface area is 145 Å². The average molecular weight is 337 g/mol. The molecule has 0 saturated heterocycles. The van der Waals surface area contributed by atoms with E-state index in [9.17, 15) is 4.79 Å². The van der Waals surface area contributed by atoms with E-state index in [4.69, 9.17) is 4.74 Å². The normalized spacial score (nSPS) is 13.6. The van der Waals surface area contributed by atoms with Crippen molar-refractivity contribution in [3.8, 4) is 5.75 Å². The summed E-state index contributed by atoms with van der Waals surface area (Å²) in [5.74, 6) is 1.16.